The molecule has 0 bridgehead atoms. The number of carbonyl (C=O) groups excluding carboxylic acids is 2. The van der Waals surface area contributed by atoms with Gasteiger partial charge in [0.25, 0.3) is 5.91 Å². The van der Waals surface area contributed by atoms with E-state index in [0.717, 1.165) is 12.2 Å². The summed E-state index contributed by atoms with van der Waals surface area (Å²) >= 11 is 0. The highest BCUT2D eigenvalue weighted by Crippen LogP contribution is 2.19. The molecule has 1 unspecified atom stereocenters. The molecule has 1 saturated heterocycles. The number of carbonyl (C=O) groups is 2. The number of likely N-dealkylation sites (tertiary alicyclic amines) is 1. The predicted molar refractivity (Wildman–Crippen MR) is 99.6 cm³/mol. The third kappa shape index (κ3) is 6.09. The van der Waals surface area contributed by atoms with Crippen molar-refractivity contribution >= 4 is 23.5 Å². The molecular formula is C19H19F3N4O3. The number of alkyl halides is 3. The van der Waals surface area contributed by atoms with Crippen molar-refractivity contribution in [1.82, 2.24) is 9.88 Å². The molecule has 2 N–H and O–H groups in total. The van der Waals surface area contributed by atoms with Crippen LogP contribution < -0.4 is 10.6 Å². The van der Waals surface area contributed by atoms with Crippen molar-refractivity contribution in [2.45, 2.75) is 18.6 Å². The smallest absolute Gasteiger partial charge is 0.422 e. The molecule has 3 rings (SSSR count). The number of benzene rings is 1. The Morgan fingerprint density at radius 2 is 1.93 bits per heavy atom. The Balaban J connectivity index is 1.51. The van der Waals surface area contributed by atoms with E-state index in [1.807, 2.05) is 18.2 Å². The number of hydrogen-bond acceptors (Lipinski definition) is 5. The molecule has 0 aliphatic carbocycles. The van der Waals surface area contributed by atoms with Gasteiger partial charge in [0.2, 0.25) is 0 Å². The van der Waals surface area contributed by atoms with Gasteiger partial charge in [-0.05, 0) is 42.8 Å². The Bertz CT molecular complexity index is 844. The van der Waals surface area contributed by atoms with E-state index >= 15 is 0 Å². The van der Waals surface area contributed by atoms with Gasteiger partial charge in [0.15, 0.2) is 6.61 Å². The monoisotopic (exact) mass is 408 g/mol. The number of halogens is 3. The van der Waals surface area contributed by atoms with Crippen molar-refractivity contribution in [3.8, 4) is 0 Å². The van der Waals surface area contributed by atoms with Gasteiger partial charge in [-0.1, -0.05) is 6.07 Å². The fraction of sp³-hybridized carbons (Fsp3) is 0.316. The highest BCUT2D eigenvalue weighted by atomic mass is 19.4. The Morgan fingerprint density at radius 1 is 1.17 bits per heavy atom. The zero-order valence-electron chi connectivity index (χ0n) is 15.3. The van der Waals surface area contributed by atoms with Crippen molar-refractivity contribution in [3.63, 3.8) is 0 Å². The minimum absolute atomic E-state index is 0.0955. The summed E-state index contributed by atoms with van der Waals surface area (Å²) in [7, 11) is 0. The second-order valence-electron chi connectivity index (χ2n) is 6.49. The van der Waals surface area contributed by atoms with Crippen LogP contribution in [0, 0.1) is 0 Å². The lowest BCUT2D eigenvalue weighted by molar-refractivity contribution is -0.159. The third-order valence-corrected chi connectivity index (χ3v) is 4.24. The quantitative estimate of drug-likeness (QED) is 0.791. The molecule has 0 spiro atoms. The summed E-state index contributed by atoms with van der Waals surface area (Å²) < 4.78 is 40.2. The van der Waals surface area contributed by atoms with Gasteiger partial charge in [-0.15, -0.1) is 0 Å². The molecule has 0 saturated carbocycles. The second kappa shape index (κ2) is 8.80. The first-order valence-corrected chi connectivity index (χ1v) is 8.87. The van der Waals surface area contributed by atoms with Crippen LogP contribution in [0.3, 0.4) is 0 Å². The fourth-order valence-corrected chi connectivity index (χ4v) is 2.90. The second-order valence-corrected chi connectivity index (χ2v) is 6.49. The van der Waals surface area contributed by atoms with E-state index in [2.05, 4.69) is 20.4 Å². The van der Waals surface area contributed by atoms with Gasteiger partial charge >= 0.3 is 12.3 Å². The van der Waals surface area contributed by atoms with Crippen LogP contribution in [0.4, 0.5) is 29.5 Å². The number of rotatable bonds is 5. The van der Waals surface area contributed by atoms with Crippen molar-refractivity contribution in [1.29, 1.82) is 0 Å². The minimum atomic E-state index is -4.59. The van der Waals surface area contributed by atoms with Gasteiger partial charge in [0.1, 0.15) is 5.82 Å². The number of amides is 2. The SMILES string of the molecule is O=C(Nc1ccc(C(=O)N2CCC(Nc3ccccn3)C2)cc1)OCC(F)(F)F. The number of nitrogens with zero attached hydrogens (tertiary/aromatic N) is 2. The molecule has 1 aromatic heterocycles. The summed E-state index contributed by atoms with van der Waals surface area (Å²) in [6, 6.07) is 11.5. The number of hydrogen-bond donors (Lipinski definition) is 2. The van der Waals surface area contributed by atoms with Crippen LogP contribution in [0.15, 0.2) is 48.7 Å². The molecule has 2 aromatic rings. The van der Waals surface area contributed by atoms with Crippen LogP contribution in [-0.2, 0) is 4.74 Å². The first kappa shape index (κ1) is 20.4. The summed E-state index contributed by atoms with van der Waals surface area (Å²) in [5, 5.41) is 5.47. The lowest BCUT2D eigenvalue weighted by atomic mass is 10.2. The summed E-state index contributed by atoms with van der Waals surface area (Å²) in [5.74, 6) is 0.584. The lowest BCUT2D eigenvalue weighted by Gasteiger charge is -2.17. The summed E-state index contributed by atoms with van der Waals surface area (Å²) in [6.45, 7) is -0.551. The van der Waals surface area contributed by atoms with Crippen LogP contribution in [0.1, 0.15) is 16.8 Å². The molecule has 1 atom stereocenters. The van der Waals surface area contributed by atoms with Gasteiger partial charge < -0.3 is 15.0 Å². The van der Waals surface area contributed by atoms with E-state index in [4.69, 9.17) is 0 Å². The largest absolute Gasteiger partial charge is 0.440 e. The molecule has 2 amide bonds. The standard InChI is InChI=1S/C19H19F3N4O3/c20-19(21,22)12-29-18(28)25-14-6-4-13(5-7-14)17(27)26-10-8-15(11-26)24-16-3-1-2-9-23-16/h1-7,9,15H,8,10-12H2,(H,23,24)(H,25,28). The Morgan fingerprint density at radius 3 is 2.59 bits per heavy atom. The molecule has 1 fully saturated rings. The summed E-state index contributed by atoms with van der Waals surface area (Å²) in [4.78, 5) is 29.9. The number of nitrogens with one attached hydrogen (secondary N) is 2. The Labute approximate surface area is 164 Å². The predicted octanol–water partition coefficient (Wildman–Crippen LogP) is 3.52. The molecule has 1 aliphatic heterocycles. The van der Waals surface area contributed by atoms with Crippen molar-refractivity contribution in [2.75, 3.05) is 30.3 Å². The van der Waals surface area contributed by atoms with Gasteiger partial charge in [-0.3, -0.25) is 10.1 Å². The fourth-order valence-electron chi connectivity index (χ4n) is 2.90. The van der Waals surface area contributed by atoms with E-state index in [0.29, 0.717) is 18.7 Å². The number of pyridine rings is 1. The molecular weight excluding hydrogens is 389 g/mol. The number of ether oxygens (including phenoxy) is 1. The van der Waals surface area contributed by atoms with Crippen LogP contribution in [0.2, 0.25) is 0 Å². The van der Waals surface area contributed by atoms with Gasteiger partial charge in [-0.2, -0.15) is 13.2 Å². The van der Waals surface area contributed by atoms with E-state index in [9.17, 15) is 22.8 Å². The van der Waals surface area contributed by atoms with E-state index in [1.54, 1.807) is 11.1 Å². The van der Waals surface area contributed by atoms with Gasteiger partial charge in [0, 0.05) is 36.6 Å². The van der Waals surface area contributed by atoms with Gasteiger partial charge in [0.05, 0.1) is 0 Å². The molecule has 7 nitrogen and oxygen atoms in total. The summed E-state index contributed by atoms with van der Waals surface area (Å²) in [5.41, 5.74) is 0.641. The number of anilines is 2. The van der Waals surface area contributed by atoms with E-state index in [1.165, 1.54) is 24.3 Å². The zero-order valence-corrected chi connectivity index (χ0v) is 15.3. The lowest BCUT2D eigenvalue weighted by Crippen LogP contribution is -2.31. The minimum Gasteiger partial charge on any atom is -0.440 e. The van der Waals surface area contributed by atoms with Crippen LogP contribution in [0.5, 0.6) is 0 Å². The topological polar surface area (TPSA) is 83.6 Å². The van der Waals surface area contributed by atoms with Crippen molar-refractivity contribution < 1.29 is 27.5 Å². The highest BCUT2D eigenvalue weighted by Gasteiger charge is 2.30. The van der Waals surface area contributed by atoms with E-state index < -0.39 is 18.9 Å². The summed E-state index contributed by atoms with van der Waals surface area (Å²) in [6.07, 6.45) is -3.33. The first-order valence-electron chi connectivity index (χ1n) is 8.87. The first-order chi connectivity index (χ1) is 13.8. The molecule has 1 aliphatic rings. The molecule has 2 heterocycles. The van der Waals surface area contributed by atoms with Crippen molar-refractivity contribution in [3.05, 3.63) is 54.2 Å². The molecule has 154 valence electrons. The zero-order chi connectivity index (χ0) is 20.9. The van der Waals surface area contributed by atoms with Gasteiger partial charge in [-0.25, -0.2) is 9.78 Å². The maximum absolute atomic E-state index is 12.6. The van der Waals surface area contributed by atoms with Crippen LogP contribution in [0.25, 0.3) is 0 Å². The average molecular weight is 408 g/mol. The Hall–Kier alpha value is -3.30. The average Bonchev–Trinajstić information content (AvgIpc) is 3.15. The number of aromatic nitrogens is 1. The molecule has 29 heavy (non-hydrogen) atoms. The van der Waals surface area contributed by atoms with Crippen molar-refractivity contribution in [2.24, 2.45) is 0 Å². The maximum Gasteiger partial charge on any atom is 0.422 e. The highest BCUT2D eigenvalue weighted by molar-refractivity contribution is 5.95. The molecule has 10 heteroatoms. The molecule has 1 aromatic carbocycles. The normalized spacial score (nSPS) is 16.4. The molecule has 0 radical (unpaired) electrons. The van der Waals surface area contributed by atoms with Crippen LogP contribution in [-0.4, -0.2) is 53.8 Å². The van der Waals surface area contributed by atoms with E-state index in [-0.39, 0.29) is 17.6 Å². The third-order valence-electron chi connectivity index (χ3n) is 4.24. The maximum atomic E-state index is 12.6. The Kier molecular flexibility index (Phi) is 6.20. The van der Waals surface area contributed by atoms with Crippen LogP contribution >= 0.6 is 0 Å².